The van der Waals surface area contributed by atoms with Gasteiger partial charge in [0.05, 0.1) is 0 Å². The van der Waals surface area contributed by atoms with Crippen molar-refractivity contribution in [1.82, 2.24) is 0 Å². The number of hydrogen-bond donors (Lipinski definition) is 0. The summed E-state index contributed by atoms with van der Waals surface area (Å²) in [7, 11) is 0. The molecule has 0 aliphatic heterocycles. The predicted molar refractivity (Wildman–Crippen MR) is 53.0 cm³/mol. The number of fused-ring (bicyclic) bond motifs is 1. The second-order valence-electron chi connectivity index (χ2n) is 3.42. The first-order valence-corrected chi connectivity index (χ1v) is 4.60. The van der Waals surface area contributed by atoms with Gasteiger partial charge in [0.15, 0.2) is 0 Å². The molecule has 0 unspecified atom stereocenters. The van der Waals surface area contributed by atoms with Crippen LogP contribution in [-0.4, -0.2) is 0 Å². The summed E-state index contributed by atoms with van der Waals surface area (Å²) in [6.45, 7) is 4.48. The number of allylic oxidation sites excluding steroid dienone is 2. The van der Waals surface area contributed by atoms with Gasteiger partial charge in [-0.3, -0.25) is 0 Å². The van der Waals surface area contributed by atoms with E-state index in [9.17, 15) is 0 Å². The average molecular weight is 158 g/mol. The Balaban J connectivity index is 2.50. The lowest BCUT2D eigenvalue weighted by atomic mass is 10.1. The van der Waals surface area contributed by atoms with Crippen LogP contribution in [-0.2, 0) is 6.42 Å². The summed E-state index contributed by atoms with van der Waals surface area (Å²) >= 11 is 0. The van der Waals surface area contributed by atoms with Crippen molar-refractivity contribution in [1.29, 1.82) is 0 Å². The zero-order valence-corrected chi connectivity index (χ0v) is 7.72. The molecule has 1 aromatic carbocycles. The van der Waals surface area contributed by atoms with Crippen molar-refractivity contribution in [3.63, 3.8) is 0 Å². The fraction of sp³-hybridized carbons (Fsp3) is 0.333. The number of hydrogen-bond acceptors (Lipinski definition) is 0. The van der Waals surface area contributed by atoms with Gasteiger partial charge < -0.3 is 0 Å². The third-order valence-electron chi connectivity index (χ3n) is 2.78. The van der Waals surface area contributed by atoms with Crippen LogP contribution in [0.2, 0.25) is 0 Å². The molecule has 62 valence electrons. The van der Waals surface area contributed by atoms with Gasteiger partial charge in [0.2, 0.25) is 0 Å². The van der Waals surface area contributed by atoms with Crippen LogP contribution in [0, 0.1) is 0 Å². The van der Waals surface area contributed by atoms with E-state index in [1.807, 2.05) is 0 Å². The molecule has 0 spiro atoms. The Bertz CT molecular complexity index is 332. The van der Waals surface area contributed by atoms with E-state index in [2.05, 4.69) is 38.1 Å². The summed E-state index contributed by atoms with van der Waals surface area (Å²) in [5, 5.41) is 0. The summed E-state index contributed by atoms with van der Waals surface area (Å²) in [6.07, 6.45) is 2.37. The molecular weight excluding hydrogens is 144 g/mol. The van der Waals surface area contributed by atoms with Gasteiger partial charge in [-0.1, -0.05) is 36.8 Å². The van der Waals surface area contributed by atoms with Crippen LogP contribution >= 0.6 is 0 Å². The molecule has 0 saturated heterocycles. The first-order valence-electron chi connectivity index (χ1n) is 4.60. The van der Waals surface area contributed by atoms with Crippen LogP contribution in [0.3, 0.4) is 0 Å². The smallest absolute Gasteiger partial charge is 0.00552 e. The number of rotatable bonds is 1. The quantitative estimate of drug-likeness (QED) is 0.587. The Morgan fingerprint density at radius 2 is 2.00 bits per heavy atom. The summed E-state index contributed by atoms with van der Waals surface area (Å²) in [5.74, 6) is 0. The van der Waals surface area contributed by atoms with E-state index >= 15 is 0 Å². The molecule has 0 amide bonds. The largest absolute Gasteiger partial charge is 0.0625 e. The molecule has 1 aromatic rings. The van der Waals surface area contributed by atoms with Crippen molar-refractivity contribution in [2.45, 2.75) is 26.7 Å². The summed E-state index contributed by atoms with van der Waals surface area (Å²) in [6, 6.07) is 8.72. The van der Waals surface area contributed by atoms with Crippen molar-refractivity contribution in [2.24, 2.45) is 0 Å². The number of benzene rings is 1. The molecule has 0 saturated carbocycles. The average Bonchev–Trinajstić information content (AvgIpc) is 2.44. The molecule has 0 aromatic heterocycles. The van der Waals surface area contributed by atoms with E-state index in [0.717, 1.165) is 0 Å². The van der Waals surface area contributed by atoms with Gasteiger partial charge in [0.1, 0.15) is 0 Å². The predicted octanol–water partition coefficient (Wildman–Crippen LogP) is 3.43. The normalized spacial score (nSPS) is 15.2. The molecule has 0 radical (unpaired) electrons. The van der Waals surface area contributed by atoms with Gasteiger partial charge in [-0.15, -0.1) is 0 Å². The maximum absolute atomic E-state index is 2.24. The van der Waals surface area contributed by atoms with Gasteiger partial charge >= 0.3 is 0 Å². The van der Waals surface area contributed by atoms with Gasteiger partial charge in [-0.25, -0.2) is 0 Å². The monoisotopic (exact) mass is 158 g/mol. The van der Waals surface area contributed by atoms with Crippen LogP contribution in [0.1, 0.15) is 31.4 Å². The minimum Gasteiger partial charge on any atom is -0.0625 e. The first-order chi connectivity index (χ1) is 5.83. The van der Waals surface area contributed by atoms with E-state index < -0.39 is 0 Å². The second-order valence-corrected chi connectivity index (χ2v) is 3.42. The summed E-state index contributed by atoms with van der Waals surface area (Å²) < 4.78 is 0. The van der Waals surface area contributed by atoms with Crippen molar-refractivity contribution >= 4 is 5.57 Å². The van der Waals surface area contributed by atoms with Crippen LogP contribution < -0.4 is 0 Å². The highest BCUT2D eigenvalue weighted by Gasteiger charge is 2.15. The van der Waals surface area contributed by atoms with E-state index in [0.29, 0.717) is 0 Å². The van der Waals surface area contributed by atoms with E-state index in [-0.39, 0.29) is 0 Å². The molecule has 0 fully saturated rings. The Morgan fingerprint density at radius 3 is 2.67 bits per heavy atom. The highest BCUT2D eigenvalue weighted by molar-refractivity contribution is 5.74. The van der Waals surface area contributed by atoms with Crippen LogP contribution in [0.4, 0.5) is 0 Å². The third kappa shape index (κ3) is 0.989. The van der Waals surface area contributed by atoms with Crippen LogP contribution in [0.15, 0.2) is 29.8 Å². The Hall–Kier alpha value is -1.04. The summed E-state index contributed by atoms with van der Waals surface area (Å²) in [4.78, 5) is 0. The van der Waals surface area contributed by atoms with Crippen molar-refractivity contribution in [3.8, 4) is 0 Å². The van der Waals surface area contributed by atoms with E-state index in [4.69, 9.17) is 0 Å². The molecule has 0 atom stereocenters. The standard InChI is InChI=1S/C12H14/c1-3-10-8-11-6-4-5-7-12(11)9(10)2/h4-7H,3,8H2,1-2H3. The molecule has 0 N–H and O–H groups in total. The lowest BCUT2D eigenvalue weighted by Gasteiger charge is -1.98. The van der Waals surface area contributed by atoms with Crippen molar-refractivity contribution in [3.05, 3.63) is 41.0 Å². The highest BCUT2D eigenvalue weighted by atomic mass is 14.2. The van der Waals surface area contributed by atoms with E-state index in [1.54, 1.807) is 5.57 Å². The van der Waals surface area contributed by atoms with Gasteiger partial charge in [0.25, 0.3) is 0 Å². The topological polar surface area (TPSA) is 0 Å². The highest BCUT2D eigenvalue weighted by Crippen LogP contribution is 2.33. The maximum Gasteiger partial charge on any atom is -0.00552 e. The first kappa shape index (κ1) is 7.60. The zero-order valence-electron chi connectivity index (χ0n) is 7.72. The Kier molecular flexibility index (Phi) is 1.76. The minimum atomic E-state index is 1.18. The van der Waals surface area contributed by atoms with Crippen molar-refractivity contribution in [2.75, 3.05) is 0 Å². The lowest BCUT2D eigenvalue weighted by Crippen LogP contribution is -1.81. The third-order valence-corrected chi connectivity index (χ3v) is 2.78. The lowest BCUT2D eigenvalue weighted by molar-refractivity contribution is 1.03. The van der Waals surface area contributed by atoms with Gasteiger partial charge in [-0.05, 0) is 36.5 Å². The SMILES string of the molecule is CCC1=C(C)c2ccccc2C1. The van der Waals surface area contributed by atoms with E-state index in [1.165, 1.54) is 29.5 Å². The molecule has 0 heteroatoms. The zero-order chi connectivity index (χ0) is 8.55. The molecule has 12 heavy (non-hydrogen) atoms. The second kappa shape index (κ2) is 2.78. The molecule has 0 heterocycles. The van der Waals surface area contributed by atoms with Gasteiger partial charge in [0, 0.05) is 0 Å². The fourth-order valence-electron chi connectivity index (χ4n) is 1.98. The fourth-order valence-corrected chi connectivity index (χ4v) is 1.98. The molecular formula is C12H14. The minimum absolute atomic E-state index is 1.18. The summed E-state index contributed by atoms with van der Waals surface area (Å²) in [5.41, 5.74) is 6.09. The molecule has 0 nitrogen and oxygen atoms in total. The molecule has 0 bridgehead atoms. The van der Waals surface area contributed by atoms with Gasteiger partial charge in [-0.2, -0.15) is 0 Å². The molecule has 2 rings (SSSR count). The van der Waals surface area contributed by atoms with Crippen molar-refractivity contribution < 1.29 is 0 Å². The Morgan fingerprint density at radius 1 is 1.25 bits per heavy atom. The maximum atomic E-state index is 2.24. The van der Waals surface area contributed by atoms with Crippen LogP contribution in [0.25, 0.3) is 5.57 Å². The molecule has 1 aliphatic rings. The van der Waals surface area contributed by atoms with Crippen LogP contribution in [0.5, 0.6) is 0 Å². The molecule has 1 aliphatic carbocycles. The Labute approximate surface area is 73.9 Å².